The Bertz CT molecular complexity index is 150. The molecule has 0 aromatic carbocycles. The molecular weight excluding hydrogens is 271 g/mol. The zero-order valence-electron chi connectivity index (χ0n) is 9.12. The molecule has 0 N–H and O–H groups in total. The molecule has 0 bridgehead atoms. The highest BCUT2D eigenvalue weighted by atomic mass is 79.9. The zero-order valence-corrected chi connectivity index (χ0v) is 10.7. The van der Waals surface area contributed by atoms with Crippen LogP contribution in [0.4, 0.5) is 13.2 Å². The smallest absolute Gasteiger partial charge is 0.294 e. The lowest BCUT2D eigenvalue weighted by Gasteiger charge is -2.22. The van der Waals surface area contributed by atoms with Crippen molar-refractivity contribution in [1.82, 2.24) is 4.90 Å². The number of halogens is 4. The van der Waals surface area contributed by atoms with Crippen LogP contribution < -0.4 is 0 Å². The van der Waals surface area contributed by atoms with Crippen molar-refractivity contribution in [2.24, 2.45) is 0 Å². The van der Waals surface area contributed by atoms with Crippen molar-refractivity contribution in [3.63, 3.8) is 0 Å². The Balaban J connectivity index is 3.73. The molecular formula is C10H19BrF3N. The van der Waals surface area contributed by atoms with Gasteiger partial charge in [0.1, 0.15) is 0 Å². The maximum Gasteiger partial charge on any atom is 0.401 e. The maximum atomic E-state index is 12.1. The van der Waals surface area contributed by atoms with E-state index in [1.165, 1.54) is 4.90 Å². The van der Waals surface area contributed by atoms with E-state index < -0.39 is 12.7 Å². The third kappa shape index (κ3) is 10.5. The van der Waals surface area contributed by atoms with E-state index in [0.717, 1.165) is 25.7 Å². The van der Waals surface area contributed by atoms with Crippen molar-refractivity contribution in [2.75, 3.05) is 25.0 Å². The highest BCUT2D eigenvalue weighted by Gasteiger charge is 2.29. The summed E-state index contributed by atoms with van der Waals surface area (Å²) in [6, 6.07) is 0. The molecule has 0 aliphatic carbocycles. The Morgan fingerprint density at radius 3 is 2.20 bits per heavy atom. The van der Waals surface area contributed by atoms with E-state index in [1.807, 2.05) is 0 Å². The zero-order chi connectivity index (χ0) is 11.7. The molecule has 0 aromatic rings. The van der Waals surface area contributed by atoms with Gasteiger partial charge < -0.3 is 0 Å². The van der Waals surface area contributed by atoms with Crippen LogP contribution in [-0.4, -0.2) is 36.0 Å². The van der Waals surface area contributed by atoms with Gasteiger partial charge in [0.15, 0.2) is 0 Å². The first-order valence-electron chi connectivity index (χ1n) is 5.34. The van der Waals surface area contributed by atoms with E-state index in [4.69, 9.17) is 0 Å². The Hall–Kier alpha value is 0.230. The molecule has 0 saturated carbocycles. The second-order valence-corrected chi connectivity index (χ2v) is 4.43. The number of alkyl halides is 4. The van der Waals surface area contributed by atoms with Gasteiger partial charge in [-0.05, 0) is 13.0 Å². The normalized spacial score (nSPS) is 12.4. The second kappa shape index (κ2) is 8.39. The molecule has 0 spiro atoms. The van der Waals surface area contributed by atoms with E-state index in [2.05, 4.69) is 22.9 Å². The van der Waals surface area contributed by atoms with Crippen LogP contribution >= 0.6 is 15.9 Å². The van der Waals surface area contributed by atoms with Crippen molar-refractivity contribution in [2.45, 2.75) is 38.8 Å². The predicted molar refractivity (Wildman–Crippen MR) is 60.4 cm³/mol. The lowest BCUT2D eigenvalue weighted by molar-refractivity contribution is -0.145. The summed E-state index contributed by atoms with van der Waals surface area (Å²) in [6.45, 7) is 2.31. The molecule has 0 atom stereocenters. The summed E-state index contributed by atoms with van der Waals surface area (Å²) in [5.41, 5.74) is 0. The minimum absolute atomic E-state index is 0.464. The Labute approximate surface area is 98.1 Å². The molecule has 5 heteroatoms. The van der Waals surface area contributed by atoms with Crippen LogP contribution in [-0.2, 0) is 0 Å². The van der Waals surface area contributed by atoms with E-state index in [0.29, 0.717) is 18.4 Å². The van der Waals surface area contributed by atoms with Gasteiger partial charge in [-0.2, -0.15) is 13.2 Å². The Kier molecular flexibility index (Phi) is 8.52. The van der Waals surface area contributed by atoms with Crippen molar-refractivity contribution < 1.29 is 13.2 Å². The van der Waals surface area contributed by atoms with Crippen LogP contribution in [0.2, 0.25) is 0 Å². The summed E-state index contributed by atoms with van der Waals surface area (Å²) in [6.07, 6.45) is 0.0167. The molecule has 0 saturated heterocycles. The molecule has 92 valence electrons. The van der Waals surface area contributed by atoms with Gasteiger partial charge in [-0.1, -0.05) is 42.1 Å². The van der Waals surface area contributed by atoms with Gasteiger partial charge in [0.2, 0.25) is 0 Å². The van der Waals surface area contributed by atoms with Crippen LogP contribution in [0.3, 0.4) is 0 Å². The standard InChI is InChI=1S/C10H19BrF3N/c1-2-3-4-5-7-15(8-6-11)9-10(12,13)14/h2-9H2,1H3. The van der Waals surface area contributed by atoms with Crippen molar-refractivity contribution in [3.05, 3.63) is 0 Å². The molecule has 0 aliphatic heterocycles. The second-order valence-electron chi connectivity index (χ2n) is 3.64. The molecule has 0 heterocycles. The summed E-state index contributed by atoms with van der Waals surface area (Å²) in [5.74, 6) is 0. The quantitative estimate of drug-likeness (QED) is 0.485. The van der Waals surface area contributed by atoms with Crippen molar-refractivity contribution in [1.29, 1.82) is 0 Å². The third-order valence-corrected chi connectivity index (χ3v) is 2.49. The van der Waals surface area contributed by atoms with Crippen LogP contribution in [0, 0.1) is 0 Å². The monoisotopic (exact) mass is 289 g/mol. The van der Waals surface area contributed by atoms with Gasteiger partial charge in [-0.25, -0.2) is 0 Å². The minimum Gasteiger partial charge on any atom is -0.294 e. The fourth-order valence-corrected chi connectivity index (χ4v) is 1.91. The fraction of sp³-hybridized carbons (Fsp3) is 1.00. The highest BCUT2D eigenvalue weighted by Crippen LogP contribution is 2.17. The number of rotatable bonds is 8. The summed E-state index contributed by atoms with van der Waals surface area (Å²) < 4.78 is 36.4. The van der Waals surface area contributed by atoms with E-state index in [9.17, 15) is 13.2 Å². The van der Waals surface area contributed by atoms with Crippen LogP contribution in [0.5, 0.6) is 0 Å². The summed E-state index contributed by atoms with van der Waals surface area (Å²) in [5, 5.41) is 0.594. The third-order valence-electron chi connectivity index (χ3n) is 2.13. The average Bonchev–Trinajstić information content (AvgIpc) is 2.10. The topological polar surface area (TPSA) is 3.24 Å². The Morgan fingerprint density at radius 2 is 1.73 bits per heavy atom. The first-order valence-corrected chi connectivity index (χ1v) is 6.47. The van der Waals surface area contributed by atoms with Gasteiger partial charge >= 0.3 is 6.18 Å². The first kappa shape index (κ1) is 15.2. The maximum absolute atomic E-state index is 12.1. The van der Waals surface area contributed by atoms with Gasteiger partial charge in [-0.15, -0.1) is 0 Å². The van der Waals surface area contributed by atoms with Gasteiger partial charge in [-0.3, -0.25) is 4.90 Å². The molecule has 1 nitrogen and oxygen atoms in total. The summed E-state index contributed by atoms with van der Waals surface area (Å²) in [4.78, 5) is 1.46. The average molecular weight is 290 g/mol. The van der Waals surface area contributed by atoms with Crippen LogP contribution in [0.1, 0.15) is 32.6 Å². The SMILES string of the molecule is CCCCCCN(CCBr)CC(F)(F)F. The molecule has 0 amide bonds. The molecule has 0 radical (unpaired) electrons. The molecule has 15 heavy (non-hydrogen) atoms. The summed E-state index contributed by atoms with van der Waals surface area (Å²) in [7, 11) is 0. The highest BCUT2D eigenvalue weighted by molar-refractivity contribution is 9.09. The molecule has 0 aromatic heterocycles. The molecule has 0 aliphatic rings. The lowest BCUT2D eigenvalue weighted by atomic mass is 10.2. The largest absolute Gasteiger partial charge is 0.401 e. The van der Waals surface area contributed by atoms with E-state index >= 15 is 0 Å². The first-order chi connectivity index (χ1) is 6.99. The number of unbranched alkanes of at least 4 members (excludes halogenated alkanes) is 3. The number of hydrogen-bond donors (Lipinski definition) is 0. The molecule has 0 rings (SSSR count). The van der Waals surface area contributed by atoms with Crippen LogP contribution in [0.25, 0.3) is 0 Å². The predicted octanol–water partition coefficient (Wildman–Crippen LogP) is 3.83. The lowest BCUT2D eigenvalue weighted by Crippen LogP contribution is -2.36. The van der Waals surface area contributed by atoms with Crippen molar-refractivity contribution >= 4 is 15.9 Å². The van der Waals surface area contributed by atoms with Crippen molar-refractivity contribution in [3.8, 4) is 0 Å². The van der Waals surface area contributed by atoms with E-state index in [1.54, 1.807) is 0 Å². The van der Waals surface area contributed by atoms with Crippen LogP contribution in [0.15, 0.2) is 0 Å². The van der Waals surface area contributed by atoms with E-state index in [-0.39, 0.29) is 0 Å². The Morgan fingerprint density at radius 1 is 1.07 bits per heavy atom. The van der Waals surface area contributed by atoms with Gasteiger partial charge in [0.05, 0.1) is 6.54 Å². The fourth-order valence-electron chi connectivity index (χ4n) is 1.41. The number of hydrogen-bond acceptors (Lipinski definition) is 1. The van der Waals surface area contributed by atoms with Gasteiger partial charge in [0.25, 0.3) is 0 Å². The molecule has 0 unspecified atom stereocenters. The van der Waals surface area contributed by atoms with Gasteiger partial charge in [0, 0.05) is 11.9 Å². The number of nitrogens with zero attached hydrogens (tertiary/aromatic N) is 1. The summed E-state index contributed by atoms with van der Waals surface area (Å²) >= 11 is 3.17. The molecule has 0 fully saturated rings. The minimum atomic E-state index is -4.08.